The quantitative estimate of drug-likeness (QED) is 0.390. The van der Waals surface area contributed by atoms with Gasteiger partial charge in [0.25, 0.3) is 6.43 Å². The fourth-order valence-electron chi connectivity index (χ4n) is 2.40. The van der Waals surface area contributed by atoms with Crippen LogP contribution in [0, 0.1) is 0 Å². The molecule has 0 saturated carbocycles. The minimum absolute atomic E-state index is 0.225. The number of hydrogen-bond donors (Lipinski definition) is 1. The van der Waals surface area contributed by atoms with E-state index in [4.69, 9.17) is 4.74 Å². The van der Waals surface area contributed by atoms with Gasteiger partial charge in [-0.25, -0.2) is 8.78 Å². The summed E-state index contributed by atoms with van der Waals surface area (Å²) in [5.74, 6) is 0. The Labute approximate surface area is 129 Å². The van der Waals surface area contributed by atoms with Gasteiger partial charge in [-0.05, 0) is 12.8 Å². The van der Waals surface area contributed by atoms with Crippen molar-refractivity contribution in [3.05, 3.63) is 0 Å². The van der Waals surface area contributed by atoms with Crippen LogP contribution in [-0.2, 0) is 4.74 Å². The maximum absolute atomic E-state index is 11.8. The summed E-state index contributed by atoms with van der Waals surface area (Å²) in [5, 5.41) is 9.67. The molecule has 4 heteroatoms. The van der Waals surface area contributed by atoms with E-state index in [0.717, 1.165) is 19.3 Å². The van der Waals surface area contributed by atoms with Crippen LogP contribution in [0.25, 0.3) is 0 Å². The standard InChI is InChI=1S/C17H34F2O2/c1-2-3-4-5-6-7-8-9-10-11-12-16(20)13-14-21-15-17(18)19/h16-17,20H,2-15H2,1H3. The van der Waals surface area contributed by atoms with Gasteiger partial charge in [-0.1, -0.05) is 71.1 Å². The van der Waals surface area contributed by atoms with E-state index in [1.165, 1.54) is 51.4 Å². The Balaban J connectivity index is 3.12. The van der Waals surface area contributed by atoms with Gasteiger partial charge in [0.05, 0.1) is 6.10 Å². The smallest absolute Gasteiger partial charge is 0.261 e. The van der Waals surface area contributed by atoms with E-state index in [0.29, 0.717) is 6.42 Å². The van der Waals surface area contributed by atoms with Gasteiger partial charge in [0.15, 0.2) is 0 Å². The highest BCUT2D eigenvalue weighted by atomic mass is 19.3. The molecule has 0 saturated heterocycles. The molecule has 128 valence electrons. The largest absolute Gasteiger partial charge is 0.393 e. The summed E-state index contributed by atoms with van der Waals surface area (Å²) in [7, 11) is 0. The van der Waals surface area contributed by atoms with Crippen molar-refractivity contribution in [3.63, 3.8) is 0 Å². The lowest BCUT2D eigenvalue weighted by Gasteiger charge is -2.10. The number of aliphatic hydroxyl groups is 1. The van der Waals surface area contributed by atoms with E-state index in [9.17, 15) is 13.9 Å². The van der Waals surface area contributed by atoms with Crippen LogP contribution in [0.3, 0.4) is 0 Å². The Bertz CT molecular complexity index is 201. The van der Waals surface area contributed by atoms with Gasteiger partial charge in [-0.2, -0.15) is 0 Å². The number of alkyl halides is 2. The molecule has 0 fully saturated rings. The van der Waals surface area contributed by atoms with Crippen molar-refractivity contribution in [1.82, 2.24) is 0 Å². The third-order valence-electron chi connectivity index (χ3n) is 3.73. The summed E-state index contributed by atoms with van der Waals surface area (Å²) in [6, 6.07) is 0. The summed E-state index contributed by atoms with van der Waals surface area (Å²) in [6.45, 7) is 1.94. The van der Waals surface area contributed by atoms with Gasteiger partial charge in [0, 0.05) is 6.61 Å². The number of hydrogen-bond acceptors (Lipinski definition) is 2. The first kappa shape index (κ1) is 20.8. The van der Waals surface area contributed by atoms with Crippen LogP contribution in [0.5, 0.6) is 0 Å². The van der Waals surface area contributed by atoms with Crippen molar-refractivity contribution < 1.29 is 18.6 Å². The van der Waals surface area contributed by atoms with Crippen molar-refractivity contribution in [3.8, 4) is 0 Å². The molecule has 0 aromatic rings. The molecule has 0 amide bonds. The molecule has 0 bridgehead atoms. The Hall–Kier alpha value is -0.220. The van der Waals surface area contributed by atoms with E-state index in [1.54, 1.807) is 0 Å². The zero-order chi connectivity index (χ0) is 15.8. The Morgan fingerprint density at radius 3 is 1.86 bits per heavy atom. The molecule has 0 aromatic carbocycles. The fraction of sp³-hybridized carbons (Fsp3) is 1.00. The number of aliphatic hydroxyl groups excluding tert-OH is 1. The van der Waals surface area contributed by atoms with Gasteiger partial charge in [0.1, 0.15) is 6.61 Å². The monoisotopic (exact) mass is 308 g/mol. The van der Waals surface area contributed by atoms with Crippen LogP contribution >= 0.6 is 0 Å². The number of halogens is 2. The van der Waals surface area contributed by atoms with E-state index < -0.39 is 19.1 Å². The van der Waals surface area contributed by atoms with E-state index in [-0.39, 0.29) is 6.61 Å². The molecule has 1 atom stereocenters. The third-order valence-corrected chi connectivity index (χ3v) is 3.73. The third kappa shape index (κ3) is 17.7. The van der Waals surface area contributed by atoms with E-state index in [2.05, 4.69) is 6.92 Å². The lowest BCUT2D eigenvalue weighted by Crippen LogP contribution is -2.13. The maximum Gasteiger partial charge on any atom is 0.261 e. The van der Waals surface area contributed by atoms with E-state index in [1.807, 2.05) is 0 Å². The van der Waals surface area contributed by atoms with Crippen LogP contribution in [0.4, 0.5) is 8.78 Å². The minimum atomic E-state index is -2.41. The molecule has 0 rings (SSSR count). The molecule has 0 radical (unpaired) electrons. The molecule has 2 nitrogen and oxygen atoms in total. The van der Waals surface area contributed by atoms with Crippen LogP contribution in [0.1, 0.15) is 84.0 Å². The fourth-order valence-corrected chi connectivity index (χ4v) is 2.40. The second kappa shape index (κ2) is 16.2. The molecule has 21 heavy (non-hydrogen) atoms. The van der Waals surface area contributed by atoms with Crippen molar-refractivity contribution >= 4 is 0 Å². The topological polar surface area (TPSA) is 29.5 Å². The Morgan fingerprint density at radius 1 is 0.810 bits per heavy atom. The molecule has 1 unspecified atom stereocenters. The van der Waals surface area contributed by atoms with Gasteiger partial charge in [-0.3, -0.25) is 0 Å². The summed E-state index contributed by atoms with van der Waals surface area (Å²) < 4.78 is 28.4. The first-order valence-corrected chi connectivity index (χ1v) is 8.70. The second-order valence-electron chi connectivity index (χ2n) is 5.88. The molecule has 0 aliphatic heterocycles. The highest BCUT2D eigenvalue weighted by Gasteiger charge is 2.06. The highest BCUT2D eigenvalue weighted by molar-refractivity contribution is 4.56. The Kier molecular flexibility index (Phi) is 16.0. The lowest BCUT2D eigenvalue weighted by atomic mass is 10.0. The van der Waals surface area contributed by atoms with Gasteiger partial charge < -0.3 is 9.84 Å². The van der Waals surface area contributed by atoms with Gasteiger partial charge in [0.2, 0.25) is 0 Å². The van der Waals surface area contributed by atoms with Crippen molar-refractivity contribution in [2.24, 2.45) is 0 Å². The number of rotatable bonds is 16. The van der Waals surface area contributed by atoms with Gasteiger partial charge >= 0.3 is 0 Å². The summed E-state index contributed by atoms with van der Waals surface area (Å²) in [6.07, 6.45) is 11.2. The van der Waals surface area contributed by atoms with Gasteiger partial charge in [-0.15, -0.1) is 0 Å². The highest BCUT2D eigenvalue weighted by Crippen LogP contribution is 2.12. The SMILES string of the molecule is CCCCCCCCCCCCC(O)CCOCC(F)F. The average molecular weight is 308 g/mol. The van der Waals surface area contributed by atoms with Crippen LogP contribution in [0.15, 0.2) is 0 Å². The first-order valence-electron chi connectivity index (χ1n) is 8.70. The molecule has 1 N–H and O–H groups in total. The van der Waals surface area contributed by atoms with Crippen LogP contribution in [0.2, 0.25) is 0 Å². The number of ether oxygens (including phenoxy) is 1. The molecule has 0 aromatic heterocycles. The maximum atomic E-state index is 11.8. The Morgan fingerprint density at radius 2 is 1.33 bits per heavy atom. The summed E-state index contributed by atoms with van der Waals surface area (Å²) in [4.78, 5) is 0. The summed E-state index contributed by atoms with van der Waals surface area (Å²) >= 11 is 0. The van der Waals surface area contributed by atoms with Crippen molar-refractivity contribution in [2.75, 3.05) is 13.2 Å². The predicted molar refractivity (Wildman–Crippen MR) is 83.9 cm³/mol. The van der Waals surface area contributed by atoms with Crippen molar-refractivity contribution in [2.45, 2.75) is 96.5 Å². The normalized spacial score (nSPS) is 13.0. The molecule has 0 spiro atoms. The molecule has 0 heterocycles. The first-order chi connectivity index (χ1) is 10.2. The minimum Gasteiger partial charge on any atom is -0.393 e. The van der Waals surface area contributed by atoms with Crippen LogP contribution in [-0.4, -0.2) is 30.8 Å². The zero-order valence-electron chi connectivity index (χ0n) is 13.7. The number of unbranched alkanes of at least 4 members (excludes halogenated alkanes) is 9. The molecular weight excluding hydrogens is 274 g/mol. The second-order valence-corrected chi connectivity index (χ2v) is 5.88. The van der Waals surface area contributed by atoms with Crippen LogP contribution < -0.4 is 0 Å². The van der Waals surface area contributed by atoms with E-state index >= 15 is 0 Å². The lowest BCUT2D eigenvalue weighted by molar-refractivity contribution is 0.00400. The average Bonchev–Trinajstić information content (AvgIpc) is 2.45. The molecule has 0 aliphatic carbocycles. The zero-order valence-corrected chi connectivity index (χ0v) is 13.7. The summed E-state index contributed by atoms with van der Waals surface area (Å²) in [5.41, 5.74) is 0. The molecule has 0 aliphatic rings. The van der Waals surface area contributed by atoms with Crippen molar-refractivity contribution in [1.29, 1.82) is 0 Å². The molecular formula is C17H34F2O2. The predicted octanol–water partition coefficient (Wildman–Crippen LogP) is 5.33.